The second-order valence-corrected chi connectivity index (χ2v) is 9.46. The predicted molar refractivity (Wildman–Crippen MR) is 125 cm³/mol. The van der Waals surface area contributed by atoms with E-state index in [2.05, 4.69) is 79.5 Å². The van der Waals surface area contributed by atoms with Gasteiger partial charge in [-0.2, -0.15) is 0 Å². The third-order valence-corrected chi connectivity index (χ3v) is 7.43. The molecule has 1 atom stereocenters. The first-order valence-electron chi connectivity index (χ1n) is 12.0. The fourth-order valence-corrected chi connectivity index (χ4v) is 5.48. The van der Waals surface area contributed by atoms with Crippen LogP contribution in [0, 0.1) is 5.92 Å². The lowest BCUT2D eigenvalue weighted by Gasteiger charge is -2.44. The van der Waals surface area contributed by atoms with E-state index in [1.165, 1.54) is 42.6 Å². The van der Waals surface area contributed by atoms with Gasteiger partial charge in [-0.15, -0.1) is 5.10 Å². The zero-order chi connectivity index (χ0) is 21.3. The smallest absolute Gasteiger partial charge is 0.113 e. The number of nitrogens with zero attached hydrogens (tertiary/aromatic N) is 5. The Morgan fingerprint density at radius 1 is 0.875 bits per heavy atom. The van der Waals surface area contributed by atoms with Crippen LogP contribution in [0.15, 0.2) is 54.7 Å². The zero-order valence-electron chi connectivity index (χ0n) is 18.6. The fourth-order valence-electron chi connectivity index (χ4n) is 5.48. The largest absolute Gasteiger partial charge is 0.379 e. The number of morpholine rings is 1. The summed E-state index contributed by atoms with van der Waals surface area (Å²) in [6.07, 6.45) is 4.73. The Morgan fingerprint density at radius 2 is 1.66 bits per heavy atom. The molecule has 5 heterocycles. The van der Waals surface area contributed by atoms with Crippen LogP contribution in [0.1, 0.15) is 24.4 Å². The lowest BCUT2D eigenvalue weighted by molar-refractivity contribution is 0.0342. The van der Waals surface area contributed by atoms with Gasteiger partial charge in [-0.1, -0.05) is 47.7 Å². The molecule has 0 N–H and O–H groups in total. The summed E-state index contributed by atoms with van der Waals surface area (Å²) in [6.45, 7) is 8.32. The minimum absolute atomic E-state index is 0.473. The van der Waals surface area contributed by atoms with Gasteiger partial charge in [-0.05, 0) is 54.6 Å². The molecule has 4 aliphatic heterocycles. The van der Waals surface area contributed by atoms with Crippen molar-refractivity contribution < 1.29 is 4.74 Å². The van der Waals surface area contributed by atoms with Crippen molar-refractivity contribution in [2.24, 2.45) is 5.92 Å². The highest BCUT2D eigenvalue weighted by Gasteiger charge is 2.35. The summed E-state index contributed by atoms with van der Waals surface area (Å²) < 4.78 is 7.58. The Labute approximate surface area is 189 Å². The van der Waals surface area contributed by atoms with Gasteiger partial charge in [0.2, 0.25) is 0 Å². The van der Waals surface area contributed by atoms with Crippen LogP contribution in [0.5, 0.6) is 0 Å². The highest BCUT2D eigenvalue weighted by atomic mass is 16.5. The van der Waals surface area contributed by atoms with Gasteiger partial charge in [-0.3, -0.25) is 4.90 Å². The molecule has 0 aliphatic carbocycles. The highest BCUT2D eigenvalue weighted by molar-refractivity contribution is 5.71. The summed E-state index contributed by atoms with van der Waals surface area (Å²) in [7, 11) is 0. The summed E-state index contributed by atoms with van der Waals surface area (Å²) in [5.41, 5.74) is 5.91. The van der Waals surface area contributed by atoms with Gasteiger partial charge < -0.3 is 9.64 Å². The van der Waals surface area contributed by atoms with Gasteiger partial charge in [0.1, 0.15) is 5.69 Å². The molecule has 6 heteroatoms. The fraction of sp³-hybridized carbons (Fsp3) is 0.462. The van der Waals surface area contributed by atoms with Crippen LogP contribution in [0.4, 0.5) is 0 Å². The molecule has 6 nitrogen and oxygen atoms in total. The van der Waals surface area contributed by atoms with E-state index in [0.29, 0.717) is 6.04 Å². The average molecular weight is 430 g/mol. The highest BCUT2D eigenvalue weighted by Crippen LogP contribution is 2.35. The van der Waals surface area contributed by atoms with Crippen molar-refractivity contribution in [3.63, 3.8) is 0 Å². The number of benzene rings is 2. The molecular weight excluding hydrogens is 398 g/mol. The topological polar surface area (TPSA) is 46.4 Å². The van der Waals surface area contributed by atoms with E-state index in [9.17, 15) is 0 Å². The molecule has 2 aromatic carbocycles. The van der Waals surface area contributed by atoms with E-state index in [4.69, 9.17) is 4.74 Å². The first kappa shape index (κ1) is 20.1. The molecule has 0 unspecified atom stereocenters. The molecule has 0 radical (unpaired) electrons. The molecular formula is C26H31N5O. The molecule has 166 valence electrons. The molecule has 1 aromatic heterocycles. The third kappa shape index (κ3) is 4.10. The number of fused-ring (bicyclic) bond motifs is 3. The summed E-state index contributed by atoms with van der Waals surface area (Å²) in [5.74, 6) is 0.747. The van der Waals surface area contributed by atoms with E-state index >= 15 is 0 Å². The molecule has 4 saturated heterocycles. The monoisotopic (exact) mass is 429 g/mol. The second-order valence-electron chi connectivity index (χ2n) is 9.46. The van der Waals surface area contributed by atoms with Crippen LogP contribution >= 0.6 is 0 Å². The van der Waals surface area contributed by atoms with Gasteiger partial charge in [0.15, 0.2) is 0 Å². The van der Waals surface area contributed by atoms with Crippen LogP contribution in [0.2, 0.25) is 0 Å². The van der Waals surface area contributed by atoms with Gasteiger partial charge in [0.05, 0.1) is 25.5 Å². The minimum Gasteiger partial charge on any atom is -0.379 e. The number of piperidine rings is 3. The summed E-state index contributed by atoms with van der Waals surface area (Å²) >= 11 is 0. The lowest BCUT2D eigenvalue weighted by Crippen LogP contribution is -2.48. The van der Waals surface area contributed by atoms with Crippen molar-refractivity contribution in [1.29, 1.82) is 0 Å². The Hall–Kier alpha value is -2.54. The first-order chi connectivity index (χ1) is 15.8. The molecule has 0 saturated carbocycles. The van der Waals surface area contributed by atoms with Crippen molar-refractivity contribution in [1.82, 2.24) is 24.8 Å². The quantitative estimate of drug-likeness (QED) is 0.619. The van der Waals surface area contributed by atoms with Crippen LogP contribution in [-0.4, -0.2) is 70.7 Å². The van der Waals surface area contributed by atoms with Gasteiger partial charge in [0, 0.05) is 31.7 Å². The number of rotatable bonds is 5. The van der Waals surface area contributed by atoms with Crippen LogP contribution in [-0.2, 0) is 11.3 Å². The Bertz CT molecular complexity index is 1050. The van der Waals surface area contributed by atoms with E-state index in [1.54, 1.807) is 0 Å². The maximum atomic E-state index is 5.46. The van der Waals surface area contributed by atoms with Crippen molar-refractivity contribution in [2.75, 3.05) is 45.9 Å². The number of hydrogen-bond donors (Lipinski definition) is 0. The molecule has 7 rings (SSSR count). The first-order valence-corrected chi connectivity index (χ1v) is 12.0. The second kappa shape index (κ2) is 8.77. The van der Waals surface area contributed by atoms with Crippen molar-refractivity contribution in [2.45, 2.75) is 25.4 Å². The maximum Gasteiger partial charge on any atom is 0.113 e. The molecule has 4 aliphatic rings. The third-order valence-electron chi connectivity index (χ3n) is 7.43. The molecule has 2 bridgehead atoms. The molecule has 32 heavy (non-hydrogen) atoms. The van der Waals surface area contributed by atoms with E-state index in [1.807, 2.05) is 0 Å². The van der Waals surface area contributed by atoms with Crippen LogP contribution in [0.3, 0.4) is 0 Å². The van der Waals surface area contributed by atoms with Gasteiger partial charge in [-0.25, -0.2) is 4.68 Å². The normalized spacial score (nSPS) is 25.8. The zero-order valence-corrected chi connectivity index (χ0v) is 18.6. The minimum atomic E-state index is 0.473. The van der Waals surface area contributed by atoms with E-state index in [0.717, 1.165) is 56.6 Å². The summed E-state index contributed by atoms with van der Waals surface area (Å²) in [5, 5.41) is 9.07. The van der Waals surface area contributed by atoms with E-state index in [-0.39, 0.29) is 0 Å². The number of hydrogen-bond acceptors (Lipinski definition) is 5. The summed E-state index contributed by atoms with van der Waals surface area (Å²) in [6, 6.07) is 18.1. The lowest BCUT2D eigenvalue weighted by atomic mass is 9.84. The van der Waals surface area contributed by atoms with Crippen LogP contribution < -0.4 is 0 Å². The van der Waals surface area contributed by atoms with Crippen molar-refractivity contribution in [3.8, 4) is 22.4 Å². The Balaban J connectivity index is 1.18. The van der Waals surface area contributed by atoms with Crippen molar-refractivity contribution in [3.05, 3.63) is 60.3 Å². The number of aromatic nitrogens is 3. The molecule has 4 fully saturated rings. The van der Waals surface area contributed by atoms with E-state index < -0.39 is 0 Å². The average Bonchev–Trinajstić information content (AvgIpc) is 3.36. The molecule has 0 amide bonds. The SMILES string of the molecule is c1cc(-c2ccc(CN3CCOCC3)cc2)cc(-c2cn([C@H]3CN4CCC3CC4)nn2)c1. The standard InChI is InChI=1S/C26H31N5O/c1-2-23(21-6-4-20(5-7-21)17-30-12-14-32-15-13-30)16-24(3-1)25-18-31(28-27-25)26-19-29-10-8-22(26)9-11-29/h1-7,16,18,22,26H,8-15,17,19H2/t26-/m0/s1. The molecule has 0 spiro atoms. The van der Waals surface area contributed by atoms with Gasteiger partial charge >= 0.3 is 0 Å². The molecule has 3 aromatic rings. The Morgan fingerprint density at radius 3 is 2.41 bits per heavy atom. The maximum absolute atomic E-state index is 5.46. The summed E-state index contributed by atoms with van der Waals surface area (Å²) in [4.78, 5) is 5.02. The number of ether oxygens (including phenoxy) is 1. The van der Waals surface area contributed by atoms with Crippen molar-refractivity contribution >= 4 is 0 Å². The van der Waals surface area contributed by atoms with Crippen LogP contribution in [0.25, 0.3) is 22.4 Å². The Kier molecular flexibility index (Phi) is 5.51. The van der Waals surface area contributed by atoms with Gasteiger partial charge in [0.25, 0.3) is 0 Å². The predicted octanol–water partition coefficient (Wildman–Crippen LogP) is 3.71.